The molecule has 0 saturated heterocycles. The zero-order valence-electron chi connectivity index (χ0n) is 11.4. The van der Waals surface area contributed by atoms with Gasteiger partial charge in [-0.15, -0.1) is 24.5 Å². The number of nitrogens with zero attached hydrogens (tertiary/aromatic N) is 1. The highest BCUT2D eigenvalue weighted by atomic mass is 32.1. The first-order valence-corrected chi connectivity index (χ1v) is 7.38. The molecular formula is C14H15F3N2OS. The lowest BCUT2D eigenvalue weighted by molar-refractivity contribution is -0.274. The Bertz CT molecular complexity index is 584. The van der Waals surface area contributed by atoms with Gasteiger partial charge >= 0.3 is 6.36 Å². The van der Waals surface area contributed by atoms with Crippen LogP contribution in [0.4, 0.5) is 13.2 Å². The molecule has 0 aliphatic rings. The molecule has 3 nitrogen and oxygen atoms in total. The summed E-state index contributed by atoms with van der Waals surface area (Å²) in [6.07, 6.45) is -3.70. The van der Waals surface area contributed by atoms with Crippen LogP contribution in [0.2, 0.25) is 0 Å². The van der Waals surface area contributed by atoms with Gasteiger partial charge in [-0.3, -0.25) is 0 Å². The summed E-state index contributed by atoms with van der Waals surface area (Å²) < 4.78 is 41.2. The van der Waals surface area contributed by atoms with E-state index in [9.17, 15) is 13.2 Å². The molecule has 0 amide bonds. The molecule has 0 saturated carbocycles. The van der Waals surface area contributed by atoms with Crippen LogP contribution >= 0.6 is 11.3 Å². The van der Waals surface area contributed by atoms with Crippen molar-refractivity contribution in [3.63, 3.8) is 0 Å². The molecule has 7 heteroatoms. The molecule has 2 rings (SSSR count). The van der Waals surface area contributed by atoms with Gasteiger partial charge in [-0.05, 0) is 25.1 Å². The number of ether oxygens (including phenoxy) is 1. The third-order valence-corrected chi connectivity index (χ3v) is 3.55. The maximum atomic E-state index is 12.4. The maximum Gasteiger partial charge on any atom is 0.573 e. The highest BCUT2D eigenvalue weighted by Gasteiger charge is 2.32. The van der Waals surface area contributed by atoms with Crippen molar-refractivity contribution in [1.82, 2.24) is 10.3 Å². The second-order valence-electron chi connectivity index (χ2n) is 4.36. The van der Waals surface area contributed by atoms with Gasteiger partial charge in [-0.25, -0.2) is 4.98 Å². The van der Waals surface area contributed by atoms with Crippen molar-refractivity contribution in [1.29, 1.82) is 0 Å². The third kappa shape index (κ3) is 4.71. The van der Waals surface area contributed by atoms with Crippen LogP contribution < -0.4 is 10.1 Å². The normalized spacial score (nSPS) is 11.6. The number of nitrogens with one attached hydrogen (secondary N) is 1. The topological polar surface area (TPSA) is 34.1 Å². The zero-order valence-corrected chi connectivity index (χ0v) is 12.2. The highest BCUT2D eigenvalue weighted by molar-refractivity contribution is 7.13. The van der Waals surface area contributed by atoms with E-state index in [1.807, 2.05) is 5.38 Å². The fraction of sp³-hybridized carbons (Fsp3) is 0.357. The van der Waals surface area contributed by atoms with E-state index in [4.69, 9.17) is 0 Å². The molecule has 0 aliphatic carbocycles. The van der Waals surface area contributed by atoms with E-state index in [0.29, 0.717) is 17.1 Å². The Labute approximate surface area is 124 Å². The lowest BCUT2D eigenvalue weighted by atomic mass is 10.2. The summed E-state index contributed by atoms with van der Waals surface area (Å²) in [5, 5.41) is 5.55. The largest absolute Gasteiger partial charge is 0.573 e. The zero-order chi connectivity index (χ0) is 15.3. The van der Waals surface area contributed by atoms with Crippen LogP contribution in [-0.2, 0) is 6.54 Å². The van der Waals surface area contributed by atoms with E-state index in [0.717, 1.165) is 18.7 Å². The Morgan fingerprint density at radius 2 is 2.05 bits per heavy atom. The number of hydrogen-bond acceptors (Lipinski definition) is 4. The number of aromatic nitrogens is 1. The van der Waals surface area contributed by atoms with Gasteiger partial charge in [0.1, 0.15) is 10.8 Å². The molecule has 1 aromatic heterocycles. The van der Waals surface area contributed by atoms with Gasteiger partial charge in [0.2, 0.25) is 0 Å². The van der Waals surface area contributed by atoms with Gasteiger partial charge in [0.25, 0.3) is 0 Å². The number of thiazole rings is 1. The first kappa shape index (κ1) is 15.8. The Morgan fingerprint density at radius 1 is 1.29 bits per heavy atom. The number of hydrogen-bond donors (Lipinski definition) is 1. The van der Waals surface area contributed by atoms with Crippen LogP contribution in [0.5, 0.6) is 5.75 Å². The Kier molecular flexibility index (Phi) is 5.19. The van der Waals surface area contributed by atoms with Gasteiger partial charge in [-0.1, -0.05) is 19.1 Å². The molecule has 0 spiro atoms. The molecule has 0 atom stereocenters. The fourth-order valence-corrected chi connectivity index (χ4v) is 2.61. The van der Waals surface area contributed by atoms with Crippen molar-refractivity contribution in [2.45, 2.75) is 26.3 Å². The van der Waals surface area contributed by atoms with Crippen molar-refractivity contribution >= 4 is 11.3 Å². The smallest absolute Gasteiger partial charge is 0.405 e. The first-order valence-electron chi connectivity index (χ1n) is 6.50. The minimum Gasteiger partial charge on any atom is -0.405 e. The predicted octanol–water partition coefficient (Wildman–Crippen LogP) is 4.21. The van der Waals surface area contributed by atoms with Crippen molar-refractivity contribution in [3.8, 4) is 16.3 Å². The van der Waals surface area contributed by atoms with Gasteiger partial charge < -0.3 is 10.1 Å². The minimum atomic E-state index is -4.71. The monoisotopic (exact) mass is 316 g/mol. The van der Waals surface area contributed by atoms with Crippen molar-refractivity contribution in [3.05, 3.63) is 35.3 Å². The number of rotatable bonds is 6. The molecular weight excluding hydrogens is 301 g/mol. The quantitative estimate of drug-likeness (QED) is 0.811. The predicted molar refractivity (Wildman–Crippen MR) is 76.2 cm³/mol. The number of benzene rings is 1. The van der Waals surface area contributed by atoms with Crippen molar-refractivity contribution < 1.29 is 17.9 Å². The lowest BCUT2D eigenvalue weighted by Gasteiger charge is -2.11. The van der Waals surface area contributed by atoms with E-state index < -0.39 is 6.36 Å². The maximum absolute atomic E-state index is 12.4. The fourth-order valence-electron chi connectivity index (χ4n) is 1.76. The lowest BCUT2D eigenvalue weighted by Crippen LogP contribution is -2.17. The van der Waals surface area contributed by atoms with Crippen LogP contribution in [0, 0.1) is 0 Å². The summed E-state index contributed by atoms with van der Waals surface area (Å²) in [7, 11) is 0. The number of para-hydroxylation sites is 1. The SMILES string of the molecule is CCCNCc1csc(-c2ccccc2OC(F)(F)F)n1. The summed E-state index contributed by atoms with van der Waals surface area (Å²) >= 11 is 1.30. The summed E-state index contributed by atoms with van der Waals surface area (Å²) in [4.78, 5) is 4.35. The van der Waals surface area contributed by atoms with E-state index in [1.165, 1.54) is 23.5 Å². The highest BCUT2D eigenvalue weighted by Crippen LogP contribution is 2.35. The van der Waals surface area contributed by atoms with Crippen LogP contribution in [0.25, 0.3) is 10.6 Å². The van der Waals surface area contributed by atoms with Crippen LogP contribution in [-0.4, -0.2) is 17.9 Å². The van der Waals surface area contributed by atoms with Crippen LogP contribution in [0.1, 0.15) is 19.0 Å². The van der Waals surface area contributed by atoms with Gasteiger partial charge in [-0.2, -0.15) is 0 Å². The molecule has 0 aliphatic heterocycles. The van der Waals surface area contributed by atoms with Crippen molar-refractivity contribution in [2.24, 2.45) is 0 Å². The summed E-state index contributed by atoms with van der Waals surface area (Å²) in [5.41, 5.74) is 1.16. The second-order valence-corrected chi connectivity index (χ2v) is 5.22. The Balaban J connectivity index is 2.18. The molecule has 0 bridgehead atoms. The molecule has 1 heterocycles. The van der Waals surface area contributed by atoms with E-state index >= 15 is 0 Å². The van der Waals surface area contributed by atoms with Crippen LogP contribution in [0.3, 0.4) is 0 Å². The molecule has 2 aromatic rings. The molecule has 1 aromatic carbocycles. The van der Waals surface area contributed by atoms with Gasteiger partial charge in [0.05, 0.1) is 11.3 Å². The molecule has 21 heavy (non-hydrogen) atoms. The number of halogens is 3. The average Bonchev–Trinajstić information content (AvgIpc) is 2.86. The van der Waals surface area contributed by atoms with E-state index in [-0.39, 0.29) is 5.75 Å². The summed E-state index contributed by atoms with van der Waals surface area (Å²) in [5.74, 6) is -0.229. The van der Waals surface area contributed by atoms with Gasteiger partial charge in [0, 0.05) is 11.9 Å². The summed E-state index contributed by atoms with van der Waals surface area (Å²) in [6.45, 7) is 3.54. The van der Waals surface area contributed by atoms with Crippen LogP contribution in [0.15, 0.2) is 29.6 Å². The first-order chi connectivity index (χ1) is 9.99. The summed E-state index contributed by atoms with van der Waals surface area (Å²) in [6, 6.07) is 6.03. The van der Waals surface area contributed by atoms with Gasteiger partial charge in [0.15, 0.2) is 0 Å². The van der Waals surface area contributed by atoms with E-state index in [2.05, 4.69) is 22.0 Å². The minimum absolute atomic E-state index is 0.229. The second kappa shape index (κ2) is 6.91. The van der Waals surface area contributed by atoms with Crippen molar-refractivity contribution in [2.75, 3.05) is 6.54 Å². The molecule has 114 valence electrons. The molecule has 1 N–H and O–H groups in total. The molecule has 0 radical (unpaired) electrons. The Hall–Kier alpha value is -1.60. The number of alkyl halides is 3. The third-order valence-electron chi connectivity index (χ3n) is 2.63. The molecule has 0 unspecified atom stereocenters. The average molecular weight is 316 g/mol. The Morgan fingerprint density at radius 3 is 2.76 bits per heavy atom. The standard InChI is InChI=1S/C14H15F3N2OS/c1-2-7-18-8-10-9-21-13(19-10)11-5-3-4-6-12(11)20-14(15,16)17/h3-6,9,18H,2,7-8H2,1H3. The molecule has 0 fully saturated rings. The van der Waals surface area contributed by atoms with E-state index in [1.54, 1.807) is 12.1 Å².